The maximum absolute atomic E-state index is 12.3. The Morgan fingerprint density at radius 2 is 2.24 bits per heavy atom. The molecule has 0 bridgehead atoms. The van der Waals surface area contributed by atoms with Gasteiger partial charge >= 0.3 is 12.1 Å². The fourth-order valence-electron chi connectivity index (χ4n) is 1.14. The summed E-state index contributed by atoms with van der Waals surface area (Å²) in [5.74, 6) is -1.66. The number of halogens is 3. The van der Waals surface area contributed by atoms with Crippen LogP contribution in [0.2, 0.25) is 0 Å². The fourth-order valence-corrected chi connectivity index (χ4v) is 1.89. The third-order valence-electron chi connectivity index (χ3n) is 2.07. The molecular weight excluding hydrogens is 257 g/mol. The van der Waals surface area contributed by atoms with Crippen LogP contribution >= 0.6 is 11.3 Å². The van der Waals surface area contributed by atoms with Crippen LogP contribution in [-0.2, 0) is 11.0 Å². The van der Waals surface area contributed by atoms with E-state index in [0.717, 1.165) is 6.20 Å². The molecule has 1 aromatic rings. The lowest BCUT2D eigenvalue weighted by atomic mass is 10.2. The minimum absolute atomic E-state index is 0.111. The number of aromatic nitrogens is 1. The molecule has 1 aromatic heterocycles. The van der Waals surface area contributed by atoms with E-state index in [1.165, 1.54) is 18.9 Å². The molecule has 1 atom stereocenters. The van der Waals surface area contributed by atoms with Gasteiger partial charge in [-0.25, -0.2) is 4.98 Å². The van der Waals surface area contributed by atoms with Crippen molar-refractivity contribution in [2.24, 2.45) is 5.92 Å². The highest BCUT2D eigenvalue weighted by Crippen LogP contribution is 2.36. The molecule has 0 aromatic carbocycles. The first kappa shape index (κ1) is 13.8. The van der Waals surface area contributed by atoms with Crippen LogP contribution in [0, 0.1) is 5.92 Å². The summed E-state index contributed by atoms with van der Waals surface area (Å²) in [6.07, 6.45) is -3.66. The minimum atomic E-state index is -4.41. The van der Waals surface area contributed by atoms with Gasteiger partial charge in [-0.05, 0) is 0 Å². The second-order valence-corrected chi connectivity index (χ2v) is 4.63. The first-order chi connectivity index (χ1) is 7.71. The first-order valence-electron chi connectivity index (χ1n) is 4.68. The number of carboxylic acids is 1. The van der Waals surface area contributed by atoms with Gasteiger partial charge in [0, 0.05) is 13.6 Å². The number of aliphatic carboxylic acids is 1. The van der Waals surface area contributed by atoms with Gasteiger partial charge in [-0.3, -0.25) is 4.79 Å². The highest BCUT2D eigenvalue weighted by molar-refractivity contribution is 7.15. The number of nitrogens with zero attached hydrogens (tertiary/aromatic N) is 2. The fraction of sp³-hybridized carbons (Fsp3) is 0.556. The van der Waals surface area contributed by atoms with Crippen LogP contribution in [0.5, 0.6) is 0 Å². The van der Waals surface area contributed by atoms with Crippen LogP contribution in [0.25, 0.3) is 0 Å². The van der Waals surface area contributed by atoms with Crippen molar-refractivity contribution in [1.29, 1.82) is 0 Å². The van der Waals surface area contributed by atoms with Crippen molar-refractivity contribution in [2.75, 3.05) is 18.5 Å². The van der Waals surface area contributed by atoms with Gasteiger partial charge in [0.25, 0.3) is 0 Å². The number of thiazole rings is 1. The van der Waals surface area contributed by atoms with Gasteiger partial charge in [0.1, 0.15) is 4.88 Å². The van der Waals surface area contributed by atoms with Crippen LogP contribution in [0.4, 0.5) is 18.3 Å². The van der Waals surface area contributed by atoms with Gasteiger partial charge in [-0.2, -0.15) is 13.2 Å². The number of hydrogen-bond acceptors (Lipinski definition) is 4. The van der Waals surface area contributed by atoms with Crippen LogP contribution in [0.15, 0.2) is 6.20 Å². The van der Waals surface area contributed by atoms with E-state index in [1.807, 2.05) is 0 Å². The van der Waals surface area contributed by atoms with Crippen molar-refractivity contribution in [2.45, 2.75) is 13.1 Å². The van der Waals surface area contributed by atoms with Crippen LogP contribution in [-0.4, -0.2) is 29.7 Å². The van der Waals surface area contributed by atoms with E-state index in [0.29, 0.717) is 11.3 Å². The summed E-state index contributed by atoms with van der Waals surface area (Å²) in [5, 5.41) is 8.85. The number of carboxylic acid groups (broad SMARTS) is 1. The Bertz CT molecular complexity index is 405. The van der Waals surface area contributed by atoms with Crippen LogP contribution in [0.1, 0.15) is 11.8 Å². The molecule has 8 heteroatoms. The predicted molar refractivity (Wildman–Crippen MR) is 57.2 cm³/mol. The maximum Gasteiger partial charge on any atom is 0.427 e. The number of rotatable bonds is 4. The monoisotopic (exact) mass is 268 g/mol. The molecule has 0 aliphatic rings. The van der Waals surface area contributed by atoms with Crippen LogP contribution < -0.4 is 4.90 Å². The lowest BCUT2D eigenvalue weighted by molar-refractivity contribution is -0.140. The Kier molecular flexibility index (Phi) is 3.97. The molecule has 17 heavy (non-hydrogen) atoms. The normalized spacial score (nSPS) is 13.5. The zero-order valence-corrected chi connectivity index (χ0v) is 9.97. The third kappa shape index (κ3) is 3.58. The van der Waals surface area contributed by atoms with E-state index in [-0.39, 0.29) is 11.7 Å². The maximum atomic E-state index is 12.3. The highest BCUT2D eigenvalue weighted by atomic mass is 32.1. The van der Waals surface area contributed by atoms with E-state index in [9.17, 15) is 18.0 Å². The summed E-state index contributed by atoms with van der Waals surface area (Å²) in [6.45, 7) is 1.59. The molecule has 0 fully saturated rings. The van der Waals surface area contributed by atoms with E-state index < -0.39 is 22.9 Å². The molecule has 0 saturated carbocycles. The van der Waals surface area contributed by atoms with Crippen molar-refractivity contribution < 1.29 is 23.1 Å². The first-order valence-corrected chi connectivity index (χ1v) is 5.50. The predicted octanol–water partition coefficient (Wildman–Crippen LogP) is 2.32. The quantitative estimate of drug-likeness (QED) is 0.910. The molecule has 0 saturated heterocycles. The summed E-state index contributed by atoms with van der Waals surface area (Å²) in [7, 11) is 1.51. The topological polar surface area (TPSA) is 53.4 Å². The van der Waals surface area contributed by atoms with Crippen LogP contribution in [0.3, 0.4) is 0 Å². The SMILES string of the molecule is C[C@@H](CN(C)c1ncc(C(F)(F)F)s1)C(=O)O. The average molecular weight is 268 g/mol. The summed E-state index contributed by atoms with van der Waals surface area (Å²) in [4.78, 5) is 14.8. The lowest BCUT2D eigenvalue weighted by Gasteiger charge is -2.17. The summed E-state index contributed by atoms with van der Waals surface area (Å²) in [5.41, 5.74) is 0. The number of anilines is 1. The number of hydrogen-bond donors (Lipinski definition) is 1. The van der Waals surface area contributed by atoms with Crippen molar-refractivity contribution in [1.82, 2.24) is 4.98 Å². The van der Waals surface area contributed by atoms with Gasteiger partial charge in [-0.1, -0.05) is 18.3 Å². The molecule has 0 spiro atoms. The van der Waals surface area contributed by atoms with E-state index in [4.69, 9.17) is 5.11 Å². The zero-order chi connectivity index (χ0) is 13.2. The summed E-state index contributed by atoms with van der Waals surface area (Å²) < 4.78 is 36.9. The largest absolute Gasteiger partial charge is 0.481 e. The highest BCUT2D eigenvalue weighted by Gasteiger charge is 2.33. The Hall–Kier alpha value is -1.31. The Balaban J connectivity index is 2.74. The molecule has 0 unspecified atom stereocenters. The molecular formula is C9H11F3N2O2S. The van der Waals surface area contributed by atoms with Gasteiger partial charge in [0.2, 0.25) is 0 Å². The van der Waals surface area contributed by atoms with Gasteiger partial charge in [-0.15, -0.1) is 0 Å². The third-order valence-corrected chi connectivity index (χ3v) is 3.23. The molecule has 0 radical (unpaired) electrons. The summed E-state index contributed by atoms with van der Waals surface area (Å²) >= 11 is 0.499. The van der Waals surface area contributed by atoms with Gasteiger partial charge in [0.05, 0.1) is 12.1 Å². The lowest BCUT2D eigenvalue weighted by Crippen LogP contribution is -2.28. The standard InChI is InChI=1S/C9H11F3N2O2S/c1-5(7(15)16)4-14(2)8-13-3-6(17-8)9(10,11)12/h3,5H,4H2,1-2H3,(H,15,16)/t5-/m0/s1. The summed E-state index contributed by atoms with van der Waals surface area (Å²) in [6, 6.07) is 0. The van der Waals surface area contributed by atoms with Gasteiger partial charge in [0.15, 0.2) is 5.13 Å². The average Bonchev–Trinajstić information content (AvgIpc) is 2.65. The number of carbonyl (C=O) groups is 1. The van der Waals surface area contributed by atoms with Gasteiger partial charge < -0.3 is 10.0 Å². The van der Waals surface area contributed by atoms with E-state index >= 15 is 0 Å². The molecule has 0 aliphatic carbocycles. The number of alkyl halides is 3. The molecule has 1 heterocycles. The Morgan fingerprint density at radius 1 is 1.65 bits per heavy atom. The van der Waals surface area contributed by atoms with E-state index in [1.54, 1.807) is 0 Å². The molecule has 1 rings (SSSR count). The molecule has 4 nitrogen and oxygen atoms in total. The van der Waals surface area contributed by atoms with Crippen molar-refractivity contribution in [3.05, 3.63) is 11.1 Å². The second kappa shape index (κ2) is 4.91. The molecule has 0 amide bonds. The molecule has 1 N–H and O–H groups in total. The minimum Gasteiger partial charge on any atom is -0.481 e. The van der Waals surface area contributed by atoms with Crippen molar-refractivity contribution in [3.63, 3.8) is 0 Å². The van der Waals surface area contributed by atoms with Crippen molar-refractivity contribution >= 4 is 22.4 Å². The van der Waals surface area contributed by atoms with E-state index in [2.05, 4.69) is 4.98 Å². The second-order valence-electron chi connectivity index (χ2n) is 3.62. The Morgan fingerprint density at radius 3 is 2.65 bits per heavy atom. The van der Waals surface area contributed by atoms with Crippen molar-refractivity contribution in [3.8, 4) is 0 Å². The smallest absolute Gasteiger partial charge is 0.427 e. The molecule has 96 valence electrons. The molecule has 0 aliphatic heterocycles. The zero-order valence-electron chi connectivity index (χ0n) is 9.15. The Labute approximate surface area is 99.7 Å².